The first kappa shape index (κ1) is 66.7. The van der Waals surface area contributed by atoms with Gasteiger partial charge in [0.25, 0.3) is 0 Å². The standard InChI is InChI=1S/C8H3F6.C8H7O.C6H3F2.C5H10.3CH2O.4CH3.4Pt.3H/c9-7(10,11)5-2-1-3-6(4-5)8(12,13)14;1-7(9)8-5-3-2-4-6-8;7-5-2-1-3-6(8)4-5;1-2-4-5-3-1;3*1-2;;;;;;;;;;;/h2-4H;3-6H,1H3;1-2,4H;1-5H2;3*1H2;4*1H3;;;;;;;/q3*-1;;;;;4*-1;;3*+1;;;/i;;;;;;;;;;;;;;;3*1+1. The fourth-order valence-corrected chi connectivity index (χ4v) is 2.72. The van der Waals surface area contributed by atoms with Gasteiger partial charge in [-0.2, -0.15) is 80.9 Å². The quantitative estimate of drug-likeness (QED) is 0.139. The summed E-state index contributed by atoms with van der Waals surface area (Å²) in [7, 11) is 0. The summed E-state index contributed by atoms with van der Waals surface area (Å²) >= 11 is 4.17. The molecule has 0 atom stereocenters. The molecule has 0 spiro atoms. The molecule has 0 radical (unpaired) electrons. The van der Waals surface area contributed by atoms with E-state index in [0.717, 1.165) is 17.7 Å². The number of carbonyl (C=O) groups is 4. The second kappa shape index (κ2) is 47.5. The summed E-state index contributed by atoms with van der Waals surface area (Å²) < 4.78 is 113. The van der Waals surface area contributed by atoms with E-state index < -0.39 is 35.1 Å². The van der Waals surface area contributed by atoms with E-state index in [4.69, 9.17) is 16.6 Å². The van der Waals surface area contributed by atoms with Gasteiger partial charge < -0.3 is 44.1 Å². The molecule has 0 unspecified atom stereocenters. The van der Waals surface area contributed by atoms with Crippen molar-refractivity contribution in [2.24, 2.45) is 0 Å². The van der Waals surface area contributed by atoms with Gasteiger partial charge in [0.1, 0.15) is 26.2 Å². The molecule has 1 aliphatic rings. The number of rotatable bonds is 1. The van der Waals surface area contributed by atoms with Gasteiger partial charge in [-0.05, 0) is 6.92 Å². The Bertz CT molecular complexity index is 1080. The first-order chi connectivity index (χ1) is 22.8. The number of alkyl halides is 6. The molecule has 1 saturated carbocycles. The van der Waals surface area contributed by atoms with Crippen LogP contribution in [0.1, 0.15) is 60.5 Å². The average Bonchev–Trinajstić information content (AvgIpc) is 3.71. The Morgan fingerprint density at radius 2 is 1.00 bits per heavy atom. The van der Waals surface area contributed by atoms with Gasteiger partial charge in [0.05, 0.1) is 0 Å². The molecule has 16 heteroatoms. The molecule has 4 nitrogen and oxygen atoms in total. The third kappa shape index (κ3) is 42.7. The summed E-state index contributed by atoms with van der Waals surface area (Å²) in [5, 5.41) is 0. The Morgan fingerprint density at radius 3 is 1.22 bits per heavy atom. The van der Waals surface area contributed by atoms with Crippen molar-refractivity contribution >= 4 is 26.2 Å². The van der Waals surface area contributed by atoms with Crippen LogP contribution >= 0.6 is 0 Å². The van der Waals surface area contributed by atoms with Crippen molar-refractivity contribution in [3.8, 4) is 0 Å². The average molecular weight is 1450 g/mol. The maximum Gasteiger partial charge on any atom is 0 e. The molecule has 3 aromatic carbocycles. The van der Waals surface area contributed by atoms with Gasteiger partial charge in [0.2, 0.25) is 0 Å². The molecule has 0 N–H and O–H groups in total. The molecule has 0 saturated heterocycles. The summed E-state index contributed by atoms with van der Waals surface area (Å²) in [5.74, 6) is -1.13. The molecule has 0 bridgehead atoms. The predicted octanol–water partition coefficient (Wildman–Crippen LogP) is 9.36. The van der Waals surface area contributed by atoms with Crippen molar-refractivity contribution in [3.05, 3.63) is 137 Å². The Kier molecular flexibility index (Phi) is 63.5. The SMILES string of the molecule is C1CCCC1.C=O.C=O.C=O.CC(=O)c1cc[c-]cc1.FC(F)(F)c1c[c-]cc(C(F)(F)F)c1.Fc1[c-]ccc(F)c1.[2H][Pt+].[2H][Pt+].[2H][Pt+].[CH3-].[CH3-].[CH3-].[CH3-].[Pt]. The molecule has 1 fully saturated rings. The van der Waals surface area contributed by atoms with Crippen molar-refractivity contribution in [1.82, 2.24) is 0 Å². The van der Waals surface area contributed by atoms with Crippen LogP contribution in [-0.2, 0) is 110 Å². The second-order valence-corrected chi connectivity index (χ2v) is 7.47. The van der Waals surface area contributed by atoms with Gasteiger partial charge in [-0.15, -0.1) is 24.3 Å². The number of hydrogen-bond acceptors (Lipinski definition) is 4. The molecule has 4 rings (SSSR count). The Morgan fingerprint density at radius 1 is 0.660 bits per heavy atom. The number of ketones is 1. The van der Waals surface area contributed by atoms with Crippen LogP contribution in [0.15, 0.2) is 60.7 Å². The zero-order chi connectivity index (χ0) is 39.2. The van der Waals surface area contributed by atoms with Crippen LogP contribution in [0.2, 0.25) is 0 Å². The number of hydrogen-bond donors (Lipinski definition) is 0. The first-order valence-corrected chi connectivity index (χ1v) is 11.6. The van der Waals surface area contributed by atoms with Crippen molar-refractivity contribution in [3.63, 3.8) is 0 Å². The van der Waals surface area contributed by atoms with Gasteiger partial charge >= 0.3 is 77.3 Å². The van der Waals surface area contributed by atoms with Gasteiger partial charge in [-0.25, -0.2) is 8.78 Å². The normalized spacial score (nSPS) is 9.86. The predicted molar refractivity (Wildman–Crippen MR) is 170 cm³/mol. The van der Waals surface area contributed by atoms with Crippen LogP contribution < -0.4 is 0 Å². The minimum atomic E-state index is -4.78. The minimum Gasteiger partial charge on any atom is -0.358 e. The van der Waals surface area contributed by atoms with Crippen LogP contribution in [0.3, 0.4) is 0 Å². The molecule has 304 valence electrons. The molecule has 0 heterocycles. The van der Waals surface area contributed by atoms with E-state index in [2.05, 4.69) is 12.1 Å². The third-order valence-electron chi connectivity index (χ3n) is 4.55. The zero-order valence-corrected chi connectivity index (χ0v) is 36.9. The van der Waals surface area contributed by atoms with Crippen molar-refractivity contribution in [2.75, 3.05) is 0 Å². The molecule has 3 aromatic rings. The van der Waals surface area contributed by atoms with Gasteiger partial charge in [0, 0.05) is 32.7 Å². The van der Waals surface area contributed by atoms with Crippen LogP contribution in [0.25, 0.3) is 0 Å². The van der Waals surface area contributed by atoms with E-state index in [9.17, 15) is 39.9 Å². The van der Waals surface area contributed by atoms with Crippen LogP contribution in [0, 0.1) is 59.5 Å². The minimum absolute atomic E-state index is 0. The summed E-state index contributed by atoms with van der Waals surface area (Å²) in [6.07, 6.45) is -2.06. The van der Waals surface area contributed by atoms with Gasteiger partial charge in [0.15, 0.2) is 0 Å². The number of halogens is 8. The zero-order valence-electron chi connectivity index (χ0n) is 30.9. The van der Waals surface area contributed by atoms with E-state index >= 15 is 0 Å². The van der Waals surface area contributed by atoms with Crippen molar-refractivity contribution in [1.29, 1.82) is 2.25 Å². The van der Waals surface area contributed by atoms with E-state index in [0.29, 0.717) is 12.1 Å². The molecule has 0 amide bonds. The molecule has 1 aliphatic carbocycles. The maximum absolute atomic E-state index is 12.0. The molecular formula is C34H44F8O4Pt4-4. The topological polar surface area (TPSA) is 68.3 Å². The molecule has 0 aliphatic heterocycles. The Balaban J connectivity index is -0.0000000449. The fraction of sp³-hybridized carbons (Fsp3) is 0.235. The van der Waals surface area contributed by atoms with Crippen LogP contribution in [-0.4, -0.2) is 28.4 Å². The summed E-state index contributed by atoms with van der Waals surface area (Å²) in [5.41, 5.74) is -1.96. The number of Topliss-reactive ketones (excluding diaryl/α,β-unsaturated/α-hetero) is 1. The second-order valence-electron chi connectivity index (χ2n) is 7.47. The summed E-state index contributed by atoms with van der Waals surface area (Å²) in [6, 6.07) is 17.9. The Hall–Kier alpha value is -1.47. The Labute approximate surface area is 352 Å². The van der Waals surface area contributed by atoms with E-state index in [1.165, 1.54) is 101 Å². The van der Waals surface area contributed by atoms with Crippen molar-refractivity contribution in [2.45, 2.75) is 51.4 Å². The molecule has 50 heavy (non-hydrogen) atoms. The molecular weight excluding hydrogens is 1400 g/mol. The summed E-state index contributed by atoms with van der Waals surface area (Å²) in [4.78, 5) is 34.6. The van der Waals surface area contributed by atoms with Crippen LogP contribution in [0.5, 0.6) is 0 Å². The maximum atomic E-state index is 12.0. The van der Waals surface area contributed by atoms with Crippen molar-refractivity contribution < 1.29 is 138 Å². The van der Waals surface area contributed by atoms with Crippen LogP contribution in [0.4, 0.5) is 35.1 Å². The van der Waals surface area contributed by atoms with E-state index in [-0.39, 0.29) is 62.6 Å². The number of benzene rings is 3. The monoisotopic (exact) mass is 1450 g/mol. The fourth-order valence-electron chi connectivity index (χ4n) is 2.72. The van der Waals surface area contributed by atoms with Gasteiger partial charge in [-0.1, -0.05) is 48.8 Å². The summed E-state index contributed by atoms with van der Waals surface area (Å²) in [6.45, 7) is 7.55. The first-order valence-electron chi connectivity index (χ1n) is 12.6. The van der Waals surface area contributed by atoms with Gasteiger partial charge in [-0.3, -0.25) is 4.79 Å². The smallest absolute Gasteiger partial charge is 0 e. The largest absolute Gasteiger partial charge is 0.358 e. The molecule has 0 aromatic heterocycles. The number of carbonyl (C=O) groups excluding carboxylic acids is 4. The van der Waals surface area contributed by atoms with E-state index in [1.54, 1.807) is 37.3 Å². The third-order valence-corrected chi connectivity index (χ3v) is 4.55. The van der Waals surface area contributed by atoms with E-state index in [1.807, 2.05) is 20.4 Å².